The molecule has 7 heteroatoms. The lowest BCUT2D eigenvalue weighted by atomic mass is 10.2. The summed E-state index contributed by atoms with van der Waals surface area (Å²) < 4.78 is 5.68. The lowest BCUT2D eigenvalue weighted by molar-refractivity contribution is -0.139. The number of rotatable bonds is 9. The molecule has 2 aromatic carbocycles. The van der Waals surface area contributed by atoms with Crippen LogP contribution in [-0.2, 0) is 9.59 Å². The Kier molecular flexibility index (Phi) is 7.44. The molecule has 0 saturated carbocycles. The first-order chi connectivity index (χ1) is 12.5. The highest BCUT2D eigenvalue weighted by molar-refractivity contribution is 6.32. The predicted molar refractivity (Wildman–Crippen MR) is 101 cm³/mol. The molecule has 0 bridgehead atoms. The van der Waals surface area contributed by atoms with Gasteiger partial charge in [-0.1, -0.05) is 37.1 Å². The van der Waals surface area contributed by atoms with Crippen molar-refractivity contribution in [3.8, 4) is 11.5 Å². The van der Waals surface area contributed by atoms with Crippen LogP contribution in [0.15, 0.2) is 48.5 Å². The number of halogens is 1. The summed E-state index contributed by atoms with van der Waals surface area (Å²) in [6.07, 6.45) is 1.19. The second-order valence-electron chi connectivity index (χ2n) is 5.67. The lowest BCUT2D eigenvalue weighted by Gasteiger charge is -2.13. The third kappa shape index (κ3) is 6.06. The number of benzene rings is 2. The molecule has 0 aromatic heterocycles. The molecule has 0 saturated heterocycles. The largest absolute Gasteiger partial charge is 0.480 e. The van der Waals surface area contributed by atoms with E-state index < -0.39 is 12.0 Å². The number of anilines is 1. The molecule has 0 heterocycles. The zero-order valence-electron chi connectivity index (χ0n) is 14.4. The Morgan fingerprint density at radius 3 is 2.46 bits per heavy atom. The lowest BCUT2D eigenvalue weighted by Crippen LogP contribution is -2.41. The van der Waals surface area contributed by atoms with Gasteiger partial charge in [-0.25, -0.2) is 0 Å². The van der Waals surface area contributed by atoms with Gasteiger partial charge in [0.05, 0.1) is 11.6 Å². The molecule has 0 spiro atoms. The minimum absolute atomic E-state index is 0.0746. The zero-order valence-corrected chi connectivity index (χ0v) is 15.1. The fourth-order valence-electron chi connectivity index (χ4n) is 2.28. The minimum atomic E-state index is -0.958. The summed E-state index contributed by atoms with van der Waals surface area (Å²) in [5.74, 6) is -0.137. The number of carbonyl (C=O) groups excluding carboxylic acids is 1. The number of hydrogen-bond acceptors (Lipinski definition) is 4. The van der Waals surface area contributed by atoms with Gasteiger partial charge in [0.25, 0.3) is 0 Å². The van der Waals surface area contributed by atoms with Gasteiger partial charge in [-0.2, -0.15) is 0 Å². The number of carbonyl (C=O) groups is 2. The van der Waals surface area contributed by atoms with E-state index in [1.165, 1.54) is 0 Å². The number of ether oxygens (including phenoxy) is 1. The molecule has 2 aromatic rings. The van der Waals surface area contributed by atoms with Crippen LogP contribution in [0, 0.1) is 0 Å². The van der Waals surface area contributed by atoms with Crippen LogP contribution in [0.5, 0.6) is 11.5 Å². The topological polar surface area (TPSA) is 87.7 Å². The van der Waals surface area contributed by atoms with Crippen LogP contribution in [0.1, 0.15) is 19.8 Å². The molecule has 0 aliphatic rings. The fraction of sp³-hybridized carbons (Fsp3) is 0.263. The number of carboxylic acid groups (broad SMARTS) is 1. The number of amides is 1. The smallest absolute Gasteiger partial charge is 0.320 e. The molecule has 138 valence electrons. The van der Waals surface area contributed by atoms with Gasteiger partial charge in [-0.05, 0) is 42.8 Å². The zero-order chi connectivity index (χ0) is 18.9. The van der Waals surface area contributed by atoms with E-state index in [1.807, 2.05) is 19.1 Å². The van der Waals surface area contributed by atoms with E-state index in [9.17, 15) is 9.59 Å². The van der Waals surface area contributed by atoms with Crippen LogP contribution in [-0.4, -0.2) is 29.6 Å². The van der Waals surface area contributed by atoms with Gasteiger partial charge >= 0.3 is 5.97 Å². The van der Waals surface area contributed by atoms with Gasteiger partial charge in [0, 0.05) is 5.69 Å². The van der Waals surface area contributed by atoms with E-state index in [0.29, 0.717) is 28.6 Å². The first-order valence-electron chi connectivity index (χ1n) is 8.28. The number of carboxylic acids is 1. The van der Waals surface area contributed by atoms with Crippen LogP contribution in [0.3, 0.4) is 0 Å². The maximum absolute atomic E-state index is 11.9. The van der Waals surface area contributed by atoms with E-state index >= 15 is 0 Å². The highest BCUT2D eigenvalue weighted by Gasteiger charge is 2.16. The molecule has 26 heavy (non-hydrogen) atoms. The Hall–Kier alpha value is -2.57. The molecule has 3 N–H and O–H groups in total. The van der Waals surface area contributed by atoms with Crippen LogP contribution in [0.25, 0.3) is 0 Å². The molecular formula is C19H21ClN2O4. The Balaban J connectivity index is 1.87. The predicted octanol–water partition coefficient (Wildman–Crippen LogP) is 3.91. The third-order valence-electron chi connectivity index (χ3n) is 3.59. The molecule has 1 amide bonds. The van der Waals surface area contributed by atoms with E-state index in [-0.39, 0.29) is 12.5 Å². The summed E-state index contributed by atoms with van der Waals surface area (Å²) in [7, 11) is 0. The van der Waals surface area contributed by atoms with Gasteiger partial charge in [-0.15, -0.1) is 0 Å². The van der Waals surface area contributed by atoms with Gasteiger partial charge in [0.2, 0.25) is 5.91 Å². The van der Waals surface area contributed by atoms with E-state index in [1.54, 1.807) is 36.4 Å². The van der Waals surface area contributed by atoms with E-state index in [2.05, 4.69) is 10.6 Å². The maximum atomic E-state index is 11.9. The molecule has 6 nitrogen and oxygen atoms in total. The van der Waals surface area contributed by atoms with Crippen LogP contribution in [0.4, 0.5) is 5.69 Å². The molecule has 2 rings (SSSR count). The Morgan fingerprint density at radius 1 is 1.15 bits per heavy atom. The van der Waals surface area contributed by atoms with Crippen molar-refractivity contribution in [3.05, 3.63) is 53.6 Å². The van der Waals surface area contributed by atoms with Crippen LogP contribution in [0.2, 0.25) is 5.02 Å². The van der Waals surface area contributed by atoms with Crippen molar-refractivity contribution in [1.82, 2.24) is 5.32 Å². The Bertz CT molecular complexity index is 749. The summed E-state index contributed by atoms with van der Waals surface area (Å²) in [5.41, 5.74) is 0.589. The Labute approximate surface area is 157 Å². The van der Waals surface area contributed by atoms with E-state index in [0.717, 1.165) is 6.42 Å². The van der Waals surface area contributed by atoms with Crippen molar-refractivity contribution in [3.63, 3.8) is 0 Å². The molecule has 0 aliphatic heterocycles. The first-order valence-corrected chi connectivity index (χ1v) is 8.66. The maximum Gasteiger partial charge on any atom is 0.320 e. The van der Waals surface area contributed by atoms with Crippen LogP contribution < -0.4 is 15.4 Å². The molecular weight excluding hydrogens is 356 g/mol. The molecule has 1 unspecified atom stereocenters. The molecule has 0 fully saturated rings. The number of hydrogen-bond donors (Lipinski definition) is 3. The average molecular weight is 377 g/mol. The average Bonchev–Trinajstić information content (AvgIpc) is 2.62. The molecule has 0 radical (unpaired) electrons. The van der Waals surface area contributed by atoms with Crippen molar-refractivity contribution in [2.24, 2.45) is 0 Å². The second kappa shape index (κ2) is 9.79. The Morgan fingerprint density at radius 2 is 1.85 bits per heavy atom. The van der Waals surface area contributed by atoms with Gasteiger partial charge in [0.1, 0.15) is 17.5 Å². The summed E-state index contributed by atoms with van der Waals surface area (Å²) >= 11 is 6.05. The fourth-order valence-corrected chi connectivity index (χ4v) is 2.46. The third-order valence-corrected chi connectivity index (χ3v) is 3.90. The molecule has 0 aliphatic carbocycles. The summed E-state index contributed by atoms with van der Waals surface area (Å²) in [6.45, 7) is 1.82. The van der Waals surface area contributed by atoms with Gasteiger partial charge in [0.15, 0.2) is 0 Å². The van der Waals surface area contributed by atoms with E-state index in [4.69, 9.17) is 21.4 Å². The van der Waals surface area contributed by atoms with Crippen molar-refractivity contribution in [2.45, 2.75) is 25.8 Å². The summed E-state index contributed by atoms with van der Waals surface area (Å²) in [5, 5.41) is 15.0. The summed E-state index contributed by atoms with van der Waals surface area (Å²) in [4.78, 5) is 23.0. The van der Waals surface area contributed by atoms with Crippen molar-refractivity contribution < 1.29 is 19.4 Å². The van der Waals surface area contributed by atoms with Crippen LogP contribution >= 0.6 is 11.6 Å². The normalized spacial score (nSPS) is 11.6. The van der Waals surface area contributed by atoms with Crippen molar-refractivity contribution in [2.75, 3.05) is 11.9 Å². The second-order valence-corrected chi connectivity index (χ2v) is 6.07. The van der Waals surface area contributed by atoms with Crippen molar-refractivity contribution in [1.29, 1.82) is 0 Å². The van der Waals surface area contributed by atoms with Gasteiger partial charge < -0.3 is 15.2 Å². The number of nitrogens with one attached hydrogen (secondary N) is 2. The standard InChI is InChI=1S/C19H21ClN2O4/c1-2-5-16(19(24)25)21-12-18(23)22-13-8-10-14(11-9-13)26-17-7-4-3-6-15(17)20/h3-4,6-11,16,21H,2,5,12H2,1H3,(H,22,23)(H,24,25). The number of para-hydroxylation sites is 1. The first kappa shape index (κ1) is 19.8. The minimum Gasteiger partial charge on any atom is -0.480 e. The van der Waals surface area contributed by atoms with Crippen molar-refractivity contribution >= 4 is 29.2 Å². The number of aliphatic carboxylic acids is 1. The molecule has 1 atom stereocenters. The SMILES string of the molecule is CCCC(NCC(=O)Nc1ccc(Oc2ccccc2Cl)cc1)C(=O)O. The monoisotopic (exact) mass is 376 g/mol. The quantitative estimate of drug-likeness (QED) is 0.617. The summed E-state index contributed by atoms with van der Waals surface area (Å²) in [6, 6.07) is 13.2. The van der Waals surface area contributed by atoms with Gasteiger partial charge in [-0.3, -0.25) is 14.9 Å². The highest BCUT2D eigenvalue weighted by Crippen LogP contribution is 2.29. The highest BCUT2D eigenvalue weighted by atomic mass is 35.5.